The topological polar surface area (TPSA) is 43.4 Å². The van der Waals surface area contributed by atoms with Gasteiger partial charge in [-0.15, -0.1) is 0 Å². The van der Waals surface area contributed by atoms with Crippen LogP contribution in [0.2, 0.25) is 0 Å². The Morgan fingerprint density at radius 3 is 2.53 bits per heavy atom. The van der Waals surface area contributed by atoms with Gasteiger partial charge in [-0.1, -0.05) is 22.9 Å². The van der Waals surface area contributed by atoms with Gasteiger partial charge in [-0.05, 0) is 18.2 Å². The van der Waals surface area contributed by atoms with Crippen molar-refractivity contribution in [1.29, 1.82) is 0 Å². The zero-order valence-corrected chi connectivity index (χ0v) is 10.1. The van der Waals surface area contributed by atoms with Gasteiger partial charge in [0.2, 0.25) is 0 Å². The van der Waals surface area contributed by atoms with Gasteiger partial charge in [0.25, 0.3) is 0 Å². The fraction of sp³-hybridized carbons (Fsp3) is 0.273. The largest absolute Gasteiger partial charge is 0.465 e. The number of carbonyl (C=O) groups is 2. The molecule has 0 radical (unpaired) electrons. The summed E-state index contributed by atoms with van der Waals surface area (Å²) >= 11 is 3.25. The van der Waals surface area contributed by atoms with E-state index in [0.29, 0.717) is 17.5 Å². The fourth-order valence-electron chi connectivity index (χ4n) is 1.23. The summed E-state index contributed by atoms with van der Waals surface area (Å²) in [6, 6.07) is 4.95. The van der Waals surface area contributed by atoms with Gasteiger partial charge in [0.1, 0.15) is 0 Å². The van der Waals surface area contributed by atoms with Crippen molar-refractivity contribution in [3.8, 4) is 0 Å². The van der Waals surface area contributed by atoms with Crippen molar-refractivity contribution in [2.45, 2.75) is 13.3 Å². The number of carbonyl (C=O) groups excluding carboxylic acids is 2. The maximum absolute atomic E-state index is 11.5. The fourth-order valence-corrected chi connectivity index (χ4v) is 1.59. The van der Waals surface area contributed by atoms with Crippen molar-refractivity contribution < 1.29 is 14.3 Å². The van der Waals surface area contributed by atoms with E-state index in [-0.39, 0.29) is 5.78 Å². The maximum Gasteiger partial charge on any atom is 0.338 e. The van der Waals surface area contributed by atoms with E-state index in [1.54, 1.807) is 25.1 Å². The van der Waals surface area contributed by atoms with Crippen molar-refractivity contribution >= 4 is 27.7 Å². The second kappa shape index (κ2) is 5.07. The van der Waals surface area contributed by atoms with Crippen molar-refractivity contribution in [2.75, 3.05) is 7.11 Å². The van der Waals surface area contributed by atoms with Crippen LogP contribution in [-0.2, 0) is 4.74 Å². The molecule has 15 heavy (non-hydrogen) atoms. The molecule has 1 aromatic rings. The zero-order valence-electron chi connectivity index (χ0n) is 8.54. The summed E-state index contributed by atoms with van der Waals surface area (Å²) in [6.45, 7) is 1.76. The van der Waals surface area contributed by atoms with Crippen LogP contribution in [0.3, 0.4) is 0 Å². The summed E-state index contributed by atoms with van der Waals surface area (Å²) in [6.07, 6.45) is 0.367. The Hall–Kier alpha value is -1.16. The Balaban J connectivity index is 3.26. The van der Waals surface area contributed by atoms with Gasteiger partial charge in [0.05, 0.1) is 12.7 Å². The number of hydrogen-bond acceptors (Lipinski definition) is 3. The van der Waals surface area contributed by atoms with Gasteiger partial charge in [-0.3, -0.25) is 4.79 Å². The van der Waals surface area contributed by atoms with Gasteiger partial charge < -0.3 is 4.74 Å². The van der Waals surface area contributed by atoms with Crippen molar-refractivity contribution in [3.63, 3.8) is 0 Å². The Bertz CT molecular complexity index is 399. The highest BCUT2D eigenvalue weighted by Crippen LogP contribution is 2.18. The van der Waals surface area contributed by atoms with E-state index in [2.05, 4.69) is 20.7 Å². The van der Waals surface area contributed by atoms with E-state index >= 15 is 0 Å². The third kappa shape index (κ3) is 2.65. The normalized spacial score (nSPS) is 9.80. The highest BCUT2D eigenvalue weighted by molar-refractivity contribution is 9.10. The van der Waals surface area contributed by atoms with E-state index in [9.17, 15) is 9.59 Å². The molecule has 0 amide bonds. The van der Waals surface area contributed by atoms with E-state index < -0.39 is 5.97 Å². The predicted octanol–water partition coefficient (Wildman–Crippen LogP) is 2.83. The number of rotatable bonds is 3. The van der Waals surface area contributed by atoms with E-state index in [1.165, 1.54) is 7.11 Å². The molecule has 4 heteroatoms. The third-order valence-corrected chi connectivity index (χ3v) is 2.50. The molecule has 0 saturated heterocycles. The molecule has 0 saturated carbocycles. The first kappa shape index (κ1) is 11.9. The molecule has 0 aliphatic rings. The molecule has 0 bridgehead atoms. The Morgan fingerprint density at radius 2 is 2.00 bits per heavy atom. The first-order valence-corrected chi connectivity index (χ1v) is 5.30. The summed E-state index contributed by atoms with van der Waals surface area (Å²) < 4.78 is 5.36. The van der Waals surface area contributed by atoms with Crippen molar-refractivity contribution in [3.05, 3.63) is 33.8 Å². The van der Waals surface area contributed by atoms with Crippen LogP contribution in [0.25, 0.3) is 0 Å². The first-order valence-electron chi connectivity index (χ1n) is 4.51. The zero-order chi connectivity index (χ0) is 11.4. The Morgan fingerprint density at radius 1 is 1.33 bits per heavy atom. The first-order chi connectivity index (χ1) is 7.10. The summed E-state index contributed by atoms with van der Waals surface area (Å²) in [5, 5.41) is 0. The average Bonchev–Trinajstić information content (AvgIpc) is 2.26. The molecule has 1 aromatic carbocycles. The standard InChI is InChI=1S/C11H11BrO3/c1-3-10(13)8-5-4-7(12)6-9(8)11(14)15-2/h4-6H,3H2,1-2H3. The summed E-state index contributed by atoms with van der Waals surface area (Å²) in [5.74, 6) is -0.559. The maximum atomic E-state index is 11.5. The molecule has 0 atom stereocenters. The summed E-state index contributed by atoms with van der Waals surface area (Å²) in [4.78, 5) is 23.0. The molecule has 1 rings (SSSR count). The highest BCUT2D eigenvalue weighted by Gasteiger charge is 2.16. The molecular weight excluding hydrogens is 260 g/mol. The number of halogens is 1. The van der Waals surface area contributed by atoms with Crippen LogP contribution < -0.4 is 0 Å². The number of Topliss-reactive ketones (excluding diaryl/α,β-unsaturated/α-hetero) is 1. The molecule has 3 nitrogen and oxygen atoms in total. The van der Waals surface area contributed by atoms with Gasteiger partial charge in [0.15, 0.2) is 5.78 Å². The van der Waals surface area contributed by atoms with Crippen LogP contribution in [0.5, 0.6) is 0 Å². The van der Waals surface area contributed by atoms with Gasteiger partial charge in [-0.25, -0.2) is 4.79 Å². The minimum absolute atomic E-state index is 0.0668. The van der Waals surface area contributed by atoms with Gasteiger partial charge >= 0.3 is 5.97 Å². The van der Waals surface area contributed by atoms with E-state index in [1.807, 2.05) is 0 Å². The molecule has 0 heterocycles. The lowest BCUT2D eigenvalue weighted by atomic mass is 10.0. The Labute approximate surface area is 96.6 Å². The predicted molar refractivity (Wildman–Crippen MR) is 60.1 cm³/mol. The van der Waals surface area contributed by atoms with Gasteiger partial charge in [0, 0.05) is 16.5 Å². The molecule has 0 aromatic heterocycles. The summed E-state index contributed by atoms with van der Waals surface area (Å²) in [5.41, 5.74) is 0.714. The molecule has 0 N–H and O–H groups in total. The smallest absolute Gasteiger partial charge is 0.338 e. The number of ether oxygens (including phenoxy) is 1. The lowest BCUT2D eigenvalue weighted by molar-refractivity contribution is 0.0597. The molecule has 0 spiro atoms. The van der Waals surface area contributed by atoms with E-state index in [4.69, 9.17) is 0 Å². The lowest BCUT2D eigenvalue weighted by Crippen LogP contribution is -2.09. The summed E-state index contributed by atoms with van der Waals surface area (Å²) in [7, 11) is 1.30. The quantitative estimate of drug-likeness (QED) is 0.627. The molecule has 80 valence electrons. The second-order valence-electron chi connectivity index (χ2n) is 2.96. The molecule has 0 fully saturated rings. The lowest BCUT2D eigenvalue weighted by Gasteiger charge is -2.06. The third-order valence-electron chi connectivity index (χ3n) is 2.01. The minimum Gasteiger partial charge on any atom is -0.465 e. The number of esters is 1. The number of ketones is 1. The van der Waals surface area contributed by atoms with Crippen LogP contribution in [0.1, 0.15) is 34.1 Å². The average molecular weight is 271 g/mol. The molecule has 0 unspecified atom stereocenters. The van der Waals surface area contributed by atoms with E-state index in [0.717, 1.165) is 4.47 Å². The van der Waals surface area contributed by atoms with Crippen LogP contribution in [0, 0.1) is 0 Å². The van der Waals surface area contributed by atoms with Crippen molar-refractivity contribution in [1.82, 2.24) is 0 Å². The highest BCUT2D eigenvalue weighted by atomic mass is 79.9. The van der Waals surface area contributed by atoms with Gasteiger partial charge in [-0.2, -0.15) is 0 Å². The van der Waals surface area contributed by atoms with Crippen LogP contribution in [0.4, 0.5) is 0 Å². The molecule has 0 aliphatic carbocycles. The molecule has 0 aliphatic heterocycles. The Kier molecular flexibility index (Phi) is 4.03. The SMILES string of the molecule is CCC(=O)c1ccc(Br)cc1C(=O)OC. The van der Waals surface area contributed by atoms with Crippen molar-refractivity contribution in [2.24, 2.45) is 0 Å². The van der Waals surface area contributed by atoms with Crippen LogP contribution in [0.15, 0.2) is 22.7 Å². The molecular formula is C11H11BrO3. The van der Waals surface area contributed by atoms with Crippen LogP contribution in [-0.4, -0.2) is 18.9 Å². The number of methoxy groups -OCH3 is 1. The number of hydrogen-bond donors (Lipinski definition) is 0. The second-order valence-corrected chi connectivity index (χ2v) is 3.87. The number of benzene rings is 1. The monoisotopic (exact) mass is 270 g/mol. The minimum atomic E-state index is -0.492. The van der Waals surface area contributed by atoms with Crippen LogP contribution >= 0.6 is 15.9 Å².